The molecule has 0 aliphatic rings. The number of halogens is 1. The lowest BCUT2D eigenvalue weighted by molar-refractivity contribution is 0.108. The minimum Gasteiger partial charge on any atom is -0.493 e. The van der Waals surface area contributed by atoms with Crippen molar-refractivity contribution in [3.8, 4) is 22.1 Å². The van der Waals surface area contributed by atoms with Crippen LogP contribution in [0.25, 0.3) is 20.8 Å². The van der Waals surface area contributed by atoms with E-state index in [0.29, 0.717) is 39.7 Å². The van der Waals surface area contributed by atoms with Gasteiger partial charge in [-0.2, -0.15) is 0 Å². The molecule has 0 radical (unpaired) electrons. The van der Waals surface area contributed by atoms with Crippen LogP contribution in [0, 0.1) is 0 Å². The number of hydrogen-bond donors (Lipinski definition) is 2. The van der Waals surface area contributed by atoms with Gasteiger partial charge in [0.2, 0.25) is 5.12 Å². The van der Waals surface area contributed by atoms with Crippen LogP contribution in [0.15, 0.2) is 60.7 Å². The lowest BCUT2D eigenvalue weighted by Crippen LogP contribution is -2.24. The van der Waals surface area contributed by atoms with Gasteiger partial charge < -0.3 is 14.8 Å². The van der Waals surface area contributed by atoms with Crippen molar-refractivity contribution < 1.29 is 19.1 Å². The van der Waals surface area contributed by atoms with E-state index < -0.39 is 6.03 Å². The first-order valence-electron chi connectivity index (χ1n) is 9.64. The van der Waals surface area contributed by atoms with Crippen LogP contribution in [-0.4, -0.2) is 30.3 Å². The maximum atomic E-state index is 12.5. The molecule has 0 bridgehead atoms. The molecule has 0 saturated carbocycles. The van der Waals surface area contributed by atoms with Gasteiger partial charge in [-0.25, -0.2) is 9.78 Å². The number of urea groups is 1. The van der Waals surface area contributed by atoms with Crippen molar-refractivity contribution in [2.24, 2.45) is 0 Å². The molecule has 33 heavy (non-hydrogen) atoms. The molecule has 0 spiro atoms. The molecular weight excluding hydrogens is 482 g/mol. The normalized spacial score (nSPS) is 10.6. The maximum Gasteiger partial charge on any atom is 0.329 e. The van der Waals surface area contributed by atoms with Crippen molar-refractivity contribution in [3.05, 3.63) is 71.2 Å². The smallest absolute Gasteiger partial charge is 0.329 e. The number of methoxy groups -OCH3 is 2. The van der Waals surface area contributed by atoms with Crippen molar-refractivity contribution in [2.75, 3.05) is 19.5 Å². The number of rotatable bonds is 5. The lowest BCUT2D eigenvalue weighted by Gasteiger charge is -2.10. The summed E-state index contributed by atoms with van der Waals surface area (Å²) in [4.78, 5) is 29.5. The molecule has 3 aromatic carbocycles. The number of aromatic nitrogens is 1. The first kappa shape index (κ1) is 22.9. The number of thiazole rings is 1. The number of ether oxygens (including phenoxy) is 2. The summed E-state index contributed by atoms with van der Waals surface area (Å²) in [5, 5.41) is 3.50. The van der Waals surface area contributed by atoms with Crippen LogP contribution < -0.4 is 19.5 Å². The molecular formula is C23H18ClN3O4S2. The molecule has 0 fully saturated rings. The van der Waals surface area contributed by atoms with Gasteiger partial charge >= 0.3 is 6.03 Å². The van der Waals surface area contributed by atoms with Crippen LogP contribution in [0.4, 0.5) is 10.5 Å². The van der Waals surface area contributed by atoms with Gasteiger partial charge in [-0.15, -0.1) is 11.3 Å². The third-order valence-corrected chi connectivity index (χ3v) is 6.73. The minimum atomic E-state index is -0.586. The molecule has 1 aromatic heterocycles. The van der Waals surface area contributed by atoms with Crippen LogP contribution in [0.5, 0.6) is 11.5 Å². The third kappa shape index (κ3) is 5.22. The van der Waals surface area contributed by atoms with E-state index in [9.17, 15) is 9.59 Å². The second-order valence-corrected chi connectivity index (χ2v) is 8.91. The molecule has 168 valence electrons. The van der Waals surface area contributed by atoms with E-state index in [-0.39, 0.29) is 5.12 Å². The Hall–Kier alpha value is -3.27. The van der Waals surface area contributed by atoms with E-state index >= 15 is 0 Å². The highest BCUT2D eigenvalue weighted by atomic mass is 35.5. The Morgan fingerprint density at radius 3 is 2.55 bits per heavy atom. The molecule has 2 amide bonds. The van der Waals surface area contributed by atoms with Gasteiger partial charge in [-0.1, -0.05) is 29.8 Å². The zero-order valence-corrected chi connectivity index (χ0v) is 19.9. The predicted octanol–water partition coefficient (Wildman–Crippen LogP) is 6.24. The topological polar surface area (TPSA) is 89.5 Å². The van der Waals surface area contributed by atoms with Crippen LogP contribution >= 0.6 is 34.9 Å². The number of benzene rings is 3. The number of para-hydroxylation sites is 1. The van der Waals surface area contributed by atoms with E-state index in [4.69, 9.17) is 21.1 Å². The fourth-order valence-electron chi connectivity index (χ4n) is 3.01. The number of fused-ring (bicyclic) bond motifs is 1. The largest absolute Gasteiger partial charge is 0.493 e. The zero-order chi connectivity index (χ0) is 23.4. The van der Waals surface area contributed by atoms with Gasteiger partial charge in [0.1, 0.15) is 5.01 Å². The average molecular weight is 500 g/mol. The molecule has 0 unspecified atom stereocenters. The standard InChI is InChI=1S/C23H18ClN3O4S2/c1-30-18-10-8-14(12-19(18)31-2)22(28)33-27-23(29)26-17-11-13(7-9-15(17)24)21-25-16-5-3-4-6-20(16)32-21/h3-12H,1-2H3,(H2,26,27,29). The van der Waals surface area contributed by atoms with Gasteiger partial charge in [0.15, 0.2) is 11.5 Å². The zero-order valence-electron chi connectivity index (χ0n) is 17.5. The van der Waals surface area contributed by atoms with Crippen LogP contribution in [0.1, 0.15) is 10.4 Å². The Morgan fingerprint density at radius 2 is 1.79 bits per heavy atom. The number of anilines is 1. The number of amides is 2. The fraction of sp³-hybridized carbons (Fsp3) is 0.0870. The summed E-state index contributed by atoms with van der Waals surface area (Å²) >= 11 is 8.47. The molecule has 0 aliphatic carbocycles. The molecule has 4 rings (SSSR count). The Kier molecular flexibility index (Phi) is 7.02. The van der Waals surface area contributed by atoms with Crippen molar-refractivity contribution in [1.29, 1.82) is 0 Å². The molecule has 0 saturated heterocycles. The van der Waals surface area contributed by atoms with E-state index in [1.54, 1.807) is 41.7 Å². The Balaban J connectivity index is 1.43. The summed E-state index contributed by atoms with van der Waals surface area (Å²) in [5.41, 5.74) is 2.49. The first-order valence-corrected chi connectivity index (χ1v) is 11.7. The Morgan fingerprint density at radius 1 is 1.00 bits per heavy atom. The van der Waals surface area contributed by atoms with Crippen molar-refractivity contribution >= 4 is 61.9 Å². The number of nitrogens with one attached hydrogen (secondary N) is 2. The number of carbonyl (C=O) groups is 2. The molecule has 10 heteroatoms. The Labute approximate surface area is 203 Å². The van der Waals surface area contributed by atoms with Gasteiger partial charge in [0, 0.05) is 23.1 Å². The van der Waals surface area contributed by atoms with Gasteiger partial charge in [0.05, 0.1) is 35.1 Å². The summed E-state index contributed by atoms with van der Waals surface area (Å²) in [6, 6.07) is 17.3. The molecule has 1 heterocycles. The van der Waals surface area contributed by atoms with Crippen molar-refractivity contribution in [2.45, 2.75) is 0 Å². The first-order chi connectivity index (χ1) is 16.0. The molecule has 0 atom stereocenters. The Bertz CT molecular complexity index is 1310. The summed E-state index contributed by atoms with van der Waals surface area (Å²) in [6.45, 7) is 0. The minimum absolute atomic E-state index is 0.355. The van der Waals surface area contributed by atoms with E-state index in [2.05, 4.69) is 15.0 Å². The third-order valence-electron chi connectivity index (χ3n) is 4.61. The highest BCUT2D eigenvalue weighted by molar-refractivity contribution is 8.12. The quantitative estimate of drug-likeness (QED) is 0.316. The van der Waals surface area contributed by atoms with Crippen LogP contribution in [0.2, 0.25) is 5.02 Å². The van der Waals surface area contributed by atoms with E-state index in [0.717, 1.165) is 20.8 Å². The molecule has 4 aromatic rings. The summed E-state index contributed by atoms with van der Waals surface area (Å²) in [6.07, 6.45) is 0. The average Bonchev–Trinajstić information content (AvgIpc) is 3.27. The van der Waals surface area contributed by atoms with Gasteiger partial charge in [0.25, 0.3) is 0 Å². The van der Waals surface area contributed by atoms with Gasteiger partial charge in [-0.3, -0.25) is 9.52 Å². The maximum absolute atomic E-state index is 12.5. The summed E-state index contributed by atoms with van der Waals surface area (Å²) in [5.74, 6) is 0.930. The summed E-state index contributed by atoms with van der Waals surface area (Å²) in [7, 11) is 2.99. The predicted molar refractivity (Wildman–Crippen MR) is 134 cm³/mol. The van der Waals surface area contributed by atoms with Crippen molar-refractivity contribution in [3.63, 3.8) is 0 Å². The van der Waals surface area contributed by atoms with E-state index in [1.807, 2.05) is 30.3 Å². The lowest BCUT2D eigenvalue weighted by atomic mass is 10.2. The van der Waals surface area contributed by atoms with Crippen LogP contribution in [-0.2, 0) is 0 Å². The van der Waals surface area contributed by atoms with E-state index in [1.165, 1.54) is 14.2 Å². The second-order valence-electron chi connectivity index (χ2n) is 6.70. The number of nitrogens with zero attached hydrogens (tertiary/aromatic N) is 1. The summed E-state index contributed by atoms with van der Waals surface area (Å²) < 4.78 is 13.9. The van der Waals surface area contributed by atoms with Gasteiger partial charge in [-0.05, 0) is 42.5 Å². The molecule has 0 aliphatic heterocycles. The number of carbonyl (C=O) groups excluding carboxylic acids is 2. The van der Waals surface area contributed by atoms with Crippen LogP contribution in [0.3, 0.4) is 0 Å². The molecule has 7 nitrogen and oxygen atoms in total. The fourth-order valence-corrected chi connectivity index (χ4v) is 4.62. The second kappa shape index (κ2) is 10.1. The highest BCUT2D eigenvalue weighted by Crippen LogP contribution is 2.34. The molecule has 2 N–H and O–H groups in total. The number of hydrogen-bond acceptors (Lipinski definition) is 7. The highest BCUT2D eigenvalue weighted by Gasteiger charge is 2.15. The van der Waals surface area contributed by atoms with Crippen molar-refractivity contribution in [1.82, 2.24) is 9.71 Å². The monoisotopic (exact) mass is 499 g/mol. The SMILES string of the molecule is COc1ccc(C(=O)SNC(=O)Nc2cc(-c3nc4ccccc4s3)ccc2Cl)cc1OC.